The number of hydrogen-bond donors (Lipinski definition) is 0. The van der Waals surface area contributed by atoms with E-state index in [1.807, 2.05) is 0 Å². The molecule has 0 unspecified atom stereocenters. The Kier molecular flexibility index (Phi) is 4.63. The molecule has 0 spiro atoms. The zero-order valence-electron chi connectivity index (χ0n) is 10.6. The number of halogens is 3. The van der Waals surface area contributed by atoms with Gasteiger partial charge >= 0.3 is 0 Å². The van der Waals surface area contributed by atoms with Crippen LogP contribution in [0.5, 0.6) is 5.75 Å². The van der Waals surface area contributed by atoms with Crippen molar-refractivity contribution in [2.75, 3.05) is 7.11 Å². The van der Waals surface area contributed by atoms with Crippen LogP contribution in [0.15, 0.2) is 36.4 Å². The summed E-state index contributed by atoms with van der Waals surface area (Å²) in [5.74, 6) is -0.584. The second-order valence-electron chi connectivity index (χ2n) is 4.17. The molecule has 0 amide bonds. The van der Waals surface area contributed by atoms with Crippen LogP contribution in [0.4, 0.5) is 4.39 Å². The van der Waals surface area contributed by atoms with Gasteiger partial charge < -0.3 is 4.74 Å². The molecule has 0 fully saturated rings. The van der Waals surface area contributed by atoms with E-state index in [9.17, 15) is 9.18 Å². The second-order valence-corrected chi connectivity index (χ2v) is 4.96. The third kappa shape index (κ3) is 3.11. The molecule has 0 aliphatic rings. The van der Waals surface area contributed by atoms with E-state index < -0.39 is 5.82 Å². The first-order valence-electron chi connectivity index (χ1n) is 5.82. The summed E-state index contributed by atoms with van der Waals surface area (Å²) in [4.78, 5) is 12.2. The Labute approximate surface area is 126 Å². The Hall–Kier alpha value is -1.58. The average molecular weight is 313 g/mol. The molecule has 0 atom stereocenters. The Bertz CT molecular complexity index is 656. The number of carbonyl (C=O) groups excluding carboxylic acids is 1. The normalized spacial score (nSPS) is 10.4. The highest BCUT2D eigenvalue weighted by Crippen LogP contribution is 2.27. The quantitative estimate of drug-likeness (QED) is 0.773. The van der Waals surface area contributed by atoms with Gasteiger partial charge in [-0.2, -0.15) is 0 Å². The van der Waals surface area contributed by atoms with E-state index in [-0.39, 0.29) is 23.0 Å². The fraction of sp³-hybridized carbons (Fsp3) is 0.133. The minimum atomic E-state index is -0.505. The highest BCUT2D eigenvalue weighted by molar-refractivity contribution is 6.43. The molecule has 0 aliphatic carbocycles. The van der Waals surface area contributed by atoms with Crippen molar-refractivity contribution >= 4 is 29.0 Å². The van der Waals surface area contributed by atoms with E-state index in [0.717, 1.165) is 0 Å². The third-order valence-electron chi connectivity index (χ3n) is 2.83. The van der Waals surface area contributed by atoms with E-state index in [1.54, 1.807) is 24.3 Å². The van der Waals surface area contributed by atoms with Crippen LogP contribution < -0.4 is 4.74 Å². The topological polar surface area (TPSA) is 26.3 Å². The van der Waals surface area contributed by atoms with E-state index in [2.05, 4.69) is 0 Å². The molecule has 20 heavy (non-hydrogen) atoms. The van der Waals surface area contributed by atoms with E-state index >= 15 is 0 Å². The van der Waals surface area contributed by atoms with Gasteiger partial charge in [0.2, 0.25) is 0 Å². The first-order chi connectivity index (χ1) is 9.52. The highest BCUT2D eigenvalue weighted by Gasteiger charge is 2.14. The van der Waals surface area contributed by atoms with Crippen molar-refractivity contribution in [1.82, 2.24) is 0 Å². The van der Waals surface area contributed by atoms with Crippen LogP contribution in [0, 0.1) is 5.82 Å². The van der Waals surface area contributed by atoms with Gasteiger partial charge in [0.05, 0.1) is 17.2 Å². The van der Waals surface area contributed by atoms with Crippen molar-refractivity contribution in [2.45, 2.75) is 6.42 Å². The Balaban J connectivity index is 2.24. The van der Waals surface area contributed by atoms with Gasteiger partial charge in [-0.3, -0.25) is 4.79 Å². The summed E-state index contributed by atoms with van der Waals surface area (Å²) in [5.41, 5.74) is 0.875. The van der Waals surface area contributed by atoms with Gasteiger partial charge in [-0.15, -0.1) is 0 Å². The van der Waals surface area contributed by atoms with Gasteiger partial charge in [0.15, 0.2) is 17.3 Å². The monoisotopic (exact) mass is 312 g/mol. The van der Waals surface area contributed by atoms with Crippen molar-refractivity contribution in [3.63, 3.8) is 0 Å². The van der Waals surface area contributed by atoms with Crippen LogP contribution in [0.2, 0.25) is 10.0 Å². The predicted molar refractivity (Wildman–Crippen MR) is 77.4 cm³/mol. The maximum absolute atomic E-state index is 13.6. The van der Waals surface area contributed by atoms with Gasteiger partial charge in [-0.25, -0.2) is 4.39 Å². The zero-order valence-corrected chi connectivity index (χ0v) is 12.1. The van der Waals surface area contributed by atoms with Crippen LogP contribution in [-0.4, -0.2) is 12.9 Å². The molecule has 2 aromatic carbocycles. The van der Waals surface area contributed by atoms with Crippen LogP contribution in [0.1, 0.15) is 15.9 Å². The Morgan fingerprint density at radius 3 is 2.65 bits per heavy atom. The number of rotatable bonds is 4. The van der Waals surface area contributed by atoms with Crippen LogP contribution >= 0.6 is 23.2 Å². The van der Waals surface area contributed by atoms with E-state index in [0.29, 0.717) is 16.1 Å². The lowest BCUT2D eigenvalue weighted by Gasteiger charge is -2.07. The van der Waals surface area contributed by atoms with Crippen LogP contribution in [0.25, 0.3) is 0 Å². The fourth-order valence-electron chi connectivity index (χ4n) is 1.82. The van der Waals surface area contributed by atoms with Gasteiger partial charge in [0.25, 0.3) is 0 Å². The molecule has 5 heteroatoms. The maximum atomic E-state index is 13.6. The Morgan fingerprint density at radius 1 is 1.25 bits per heavy atom. The highest BCUT2D eigenvalue weighted by atomic mass is 35.5. The van der Waals surface area contributed by atoms with Crippen molar-refractivity contribution < 1.29 is 13.9 Å². The number of ether oxygens (including phenoxy) is 1. The summed E-state index contributed by atoms with van der Waals surface area (Å²) < 4.78 is 18.4. The summed E-state index contributed by atoms with van der Waals surface area (Å²) in [6.07, 6.45) is 0.0426. The zero-order chi connectivity index (χ0) is 14.7. The lowest BCUT2D eigenvalue weighted by atomic mass is 10.0. The molecule has 104 valence electrons. The van der Waals surface area contributed by atoms with Gasteiger partial charge in [-0.05, 0) is 29.8 Å². The minimum absolute atomic E-state index is 0.0426. The molecule has 0 saturated heterocycles. The van der Waals surface area contributed by atoms with Gasteiger partial charge in [0.1, 0.15) is 0 Å². The molecule has 0 aromatic heterocycles. The molecule has 0 aliphatic heterocycles. The molecule has 0 bridgehead atoms. The molecular weight excluding hydrogens is 302 g/mol. The lowest BCUT2D eigenvalue weighted by Crippen LogP contribution is -2.05. The molecule has 0 N–H and O–H groups in total. The second kappa shape index (κ2) is 6.25. The van der Waals surface area contributed by atoms with Crippen LogP contribution in [0.3, 0.4) is 0 Å². The standard InChI is InChI=1S/C15H11Cl2FO2/c1-20-14-6-5-9(7-12(14)18)8-13(19)10-3-2-4-11(16)15(10)17/h2-7H,8H2,1H3. The SMILES string of the molecule is COc1ccc(CC(=O)c2cccc(Cl)c2Cl)cc1F. The minimum Gasteiger partial charge on any atom is -0.494 e. The predicted octanol–water partition coefficient (Wildman–Crippen LogP) is 4.57. The molecule has 2 aromatic rings. The molecule has 0 heterocycles. The first kappa shape index (κ1) is 14.8. The largest absolute Gasteiger partial charge is 0.494 e. The van der Waals surface area contributed by atoms with E-state index in [1.165, 1.54) is 19.2 Å². The number of benzene rings is 2. The lowest BCUT2D eigenvalue weighted by molar-refractivity contribution is 0.0993. The van der Waals surface area contributed by atoms with Crippen molar-refractivity contribution in [3.05, 3.63) is 63.4 Å². The van der Waals surface area contributed by atoms with Gasteiger partial charge in [0, 0.05) is 12.0 Å². The summed E-state index contributed by atoms with van der Waals surface area (Å²) in [6, 6.07) is 9.24. The van der Waals surface area contributed by atoms with Crippen molar-refractivity contribution in [2.24, 2.45) is 0 Å². The van der Waals surface area contributed by atoms with Crippen molar-refractivity contribution in [3.8, 4) is 5.75 Å². The van der Waals surface area contributed by atoms with E-state index in [4.69, 9.17) is 27.9 Å². The number of Topliss-reactive ketones (excluding diaryl/α,β-unsaturated/α-hetero) is 1. The number of ketones is 1. The fourth-order valence-corrected chi connectivity index (χ4v) is 2.23. The van der Waals surface area contributed by atoms with Gasteiger partial charge in [-0.1, -0.05) is 35.3 Å². The summed E-state index contributed by atoms with van der Waals surface area (Å²) in [7, 11) is 1.38. The summed E-state index contributed by atoms with van der Waals surface area (Å²) >= 11 is 11.9. The summed E-state index contributed by atoms with van der Waals surface area (Å²) in [5, 5.41) is 0.534. The molecule has 0 radical (unpaired) electrons. The average Bonchev–Trinajstić information content (AvgIpc) is 2.42. The molecular formula is C15H11Cl2FO2. The maximum Gasteiger partial charge on any atom is 0.168 e. The molecule has 2 rings (SSSR count). The smallest absolute Gasteiger partial charge is 0.168 e. The molecule has 2 nitrogen and oxygen atoms in total. The number of carbonyl (C=O) groups is 1. The van der Waals surface area contributed by atoms with Crippen molar-refractivity contribution in [1.29, 1.82) is 0 Å². The number of methoxy groups -OCH3 is 1. The molecule has 0 saturated carbocycles. The number of hydrogen-bond acceptors (Lipinski definition) is 2. The summed E-state index contributed by atoms with van der Waals surface area (Å²) in [6.45, 7) is 0. The Morgan fingerprint density at radius 2 is 2.00 bits per heavy atom. The third-order valence-corrected chi connectivity index (χ3v) is 3.65. The first-order valence-corrected chi connectivity index (χ1v) is 6.58. The van der Waals surface area contributed by atoms with Crippen LogP contribution in [-0.2, 0) is 6.42 Å².